The maximum Gasteiger partial charge on any atom is 0.270 e. The van der Waals surface area contributed by atoms with E-state index < -0.39 is 14.9 Å². The summed E-state index contributed by atoms with van der Waals surface area (Å²) >= 11 is 0. The summed E-state index contributed by atoms with van der Waals surface area (Å²) in [6.07, 6.45) is 0. The molecule has 0 unspecified atom stereocenters. The third-order valence-corrected chi connectivity index (χ3v) is 5.66. The lowest BCUT2D eigenvalue weighted by molar-refractivity contribution is -0.385. The van der Waals surface area contributed by atoms with Crippen LogP contribution in [0.3, 0.4) is 0 Å². The Labute approximate surface area is 155 Å². The Morgan fingerprint density at radius 2 is 1.85 bits per heavy atom. The zero-order valence-corrected chi connectivity index (χ0v) is 15.4. The number of aryl methyl sites for hydroxylation is 1. The molecule has 140 valence electrons. The zero-order chi connectivity index (χ0) is 19.6. The van der Waals surface area contributed by atoms with E-state index in [0.717, 1.165) is 21.5 Å². The molecule has 0 radical (unpaired) electrons. The molecule has 0 aliphatic carbocycles. The monoisotopic (exact) mass is 388 g/mol. The number of hydrogen-bond donors (Lipinski definition) is 0. The molecule has 27 heavy (non-hydrogen) atoms. The van der Waals surface area contributed by atoms with Gasteiger partial charge in [-0.2, -0.15) is 4.31 Å². The molecule has 0 fully saturated rings. The maximum atomic E-state index is 12.6. The van der Waals surface area contributed by atoms with Crippen molar-refractivity contribution in [1.29, 1.82) is 0 Å². The lowest BCUT2D eigenvalue weighted by atomic mass is 10.1. The number of nitrogens with zero attached hydrogens (tertiary/aromatic N) is 4. The Morgan fingerprint density at radius 3 is 2.52 bits per heavy atom. The maximum absolute atomic E-state index is 12.6. The molecule has 0 aliphatic heterocycles. The standard InChI is InChI=1S/C17H16N4O5S/c1-12-6-8-13(9-7-12)17-19-18-16(26-17)11-20(2)27(24,25)15-5-3-4-14(10-15)21(22)23/h3-10H,11H2,1-2H3. The number of hydrogen-bond acceptors (Lipinski definition) is 7. The predicted octanol–water partition coefficient (Wildman–Crippen LogP) is 2.77. The molecule has 0 saturated carbocycles. The van der Waals surface area contributed by atoms with E-state index >= 15 is 0 Å². The minimum atomic E-state index is -3.95. The minimum absolute atomic E-state index is 0.113. The summed E-state index contributed by atoms with van der Waals surface area (Å²) < 4.78 is 31.8. The summed E-state index contributed by atoms with van der Waals surface area (Å²) in [5.41, 5.74) is 1.51. The van der Waals surface area contributed by atoms with Crippen LogP contribution in [0.4, 0.5) is 5.69 Å². The highest BCUT2D eigenvalue weighted by Crippen LogP contribution is 2.23. The molecule has 2 aromatic carbocycles. The molecule has 0 amide bonds. The van der Waals surface area contributed by atoms with Crippen LogP contribution in [0.15, 0.2) is 57.8 Å². The van der Waals surface area contributed by atoms with Crippen molar-refractivity contribution in [3.63, 3.8) is 0 Å². The number of nitro benzene ring substituents is 1. The van der Waals surface area contributed by atoms with Gasteiger partial charge < -0.3 is 4.42 Å². The molecule has 3 rings (SSSR count). The van der Waals surface area contributed by atoms with E-state index in [-0.39, 0.29) is 28.9 Å². The zero-order valence-electron chi connectivity index (χ0n) is 14.6. The first kappa shape index (κ1) is 18.7. The molecule has 0 aliphatic rings. The van der Waals surface area contributed by atoms with Crippen LogP contribution >= 0.6 is 0 Å². The van der Waals surface area contributed by atoms with Crippen molar-refractivity contribution in [1.82, 2.24) is 14.5 Å². The van der Waals surface area contributed by atoms with E-state index in [9.17, 15) is 18.5 Å². The third-order valence-electron chi connectivity index (χ3n) is 3.86. The van der Waals surface area contributed by atoms with Crippen LogP contribution in [0.2, 0.25) is 0 Å². The summed E-state index contributed by atoms with van der Waals surface area (Å²) in [6.45, 7) is 1.79. The second kappa shape index (κ2) is 7.25. The molecule has 10 heteroatoms. The summed E-state index contributed by atoms with van der Waals surface area (Å²) in [5, 5.41) is 18.7. The highest BCUT2D eigenvalue weighted by molar-refractivity contribution is 7.89. The smallest absolute Gasteiger partial charge is 0.270 e. The van der Waals surface area contributed by atoms with Crippen LogP contribution in [0.25, 0.3) is 11.5 Å². The molecule has 0 atom stereocenters. The molecular weight excluding hydrogens is 372 g/mol. The average molecular weight is 388 g/mol. The quantitative estimate of drug-likeness (QED) is 0.470. The van der Waals surface area contributed by atoms with Gasteiger partial charge in [0.2, 0.25) is 21.8 Å². The van der Waals surface area contributed by atoms with Crippen LogP contribution in [0, 0.1) is 17.0 Å². The van der Waals surface area contributed by atoms with E-state index in [4.69, 9.17) is 4.42 Å². The van der Waals surface area contributed by atoms with E-state index in [1.807, 2.05) is 31.2 Å². The minimum Gasteiger partial charge on any atom is -0.419 e. The molecule has 9 nitrogen and oxygen atoms in total. The van der Waals surface area contributed by atoms with Gasteiger partial charge in [0, 0.05) is 24.7 Å². The van der Waals surface area contributed by atoms with Gasteiger partial charge in [-0.05, 0) is 25.1 Å². The Kier molecular flexibility index (Phi) is 5.02. The lowest BCUT2D eigenvalue weighted by Crippen LogP contribution is -2.26. The summed E-state index contributed by atoms with van der Waals surface area (Å²) in [6, 6.07) is 12.3. The van der Waals surface area contributed by atoms with Crippen LogP contribution in [-0.4, -0.2) is 34.9 Å². The van der Waals surface area contributed by atoms with E-state index in [2.05, 4.69) is 10.2 Å². The molecular formula is C17H16N4O5S. The summed E-state index contributed by atoms with van der Waals surface area (Å²) in [5.74, 6) is 0.397. The first-order valence-corrected chi connectivity index (χ1v) is 9.31. The van der Waals surface area contributed by atoms with Gasteiger partial charge in [-0.3, -0.25) is 10.1 Å². The first-order chi connectivity index (χ1) is 12.8. The number of non-ortho nitro benzene ring substituents is 1. The van der Waals surface area contributed by atoms with Crippen molar-refractivity contribution in [2.45, 2.75) is 18.4 Å². The van der Waals surface area contributed by atoms with Crippen molar-refractivity contribution >= 4 is 15.7 Å². The van der Waals surface area contributed by atoms with Gasteiger partial charge in [-0.15, -0.1) is 10.2 Å². The fraction of sp³-hybridized carbons (Fsp3) is 0.176. The molecule has 1 aromatic heterocycles. The fourth-order valence-corrected chi connectivity index (χ4v) is 3.50. The number of rotatable bonds is 6. The highest BCUT2D eigenvalue weighted by atomic mass is 32.2. The Morgan fingerprint density at radius 1 is 1.15 bits per heavy atom. The normalized spacial score (nSPS) is 11.7. The number of nitro groups is 1. The van der Waals surface area contributed by atoms with Gasteiger partial charge in [-0.1, -0.05) is 23.8 Å². The van der Waals surface area contributed by atoms with Crippen molar-refractivity contribution in [2.24, 2.45) is 0 Å². The molecule has 3 aromatic rings. The highest BCUT2D eigenvalue weighted by Gasteiger charge is 2.25. The Balaban J connectivity index is 1.80. The van der Waals surface area contributed by atoms with E-state index in [1.165, 1.54) is 25.2 Å². The van der Waals surface area contributed by atoms with Crippen molar-refractivity contribution in [3.8, 4) is 11.5 Å². The van der Waals surface area contributed by atoms with Gasteiger partial charge in [0.25, 0.3) is 5.69 Å². The molecule has 0 spiro atoms. The number of aromatic nitrogens is 2. The summed E-state index contributed by atoms with van der Waals surface area (Å²) in [4.78, 5) is 10.0. The molecule has 0 N–H and O–H groups in total. The largest absolute Gasteiger partial charge is 0.419 e. The fourth-order valence-electron chi connectivity index (χ4n) is 2.34. The van der Waals surface area contributed by atoms with Crippen LogP contribution < -0.4 is 0 Å². The van der Waals surface area contributed by atoms with Gasteiger partial charge >= 0.3 is 0 Å². The van der Waals surface area contributed by atoms with E-state index in [1.54, 1.807) is 0 Å². The number of benzene rings is 2. The lowest BCUT2D eigenvalue weighted by Gasteiger charge is -2.14. The van der Waals surface area contributed by atoms with Crippen LogP contribution in [0.5, 0.6) is 0 Å². The second-order valence-electron chi connectivity index (χ2n) is 5.88. The van der Waals surface area contributed by atoms with Crippen LogP contribution in [0.1, 0.15) is 11.5 Å². The van der Waals surface area contributed by atoms with Crippen molar-refractivity contribution in [3.05, 3.63) is 70.1 Å². The molecule has 1 heterocycles. The van der Waals surface area contributed by atoms with Crippen LogP contribution in [-0.2, 0) is 16.6 Å². The van der Waals surface area contributed by atoms with E-state index in [0.29, 0.717) is 0 Å². The first-order valence-electron chi connectivity index (χ1n) is 7.87. The van der Waals surface area contributed by atoms with Gasteiger partial charge in [-0.25, -0.2) is 8.42 Å². The topological polar surface area (TPSA) is 119 Å². The van der Waals surface area contributed by atoms with Gasteiger partial charge in [0.1, 0.15) is 0 Å². The Hall–Kier alpha value is -3.11. The third kappa shape index (κ3) is 4.01. The second-order valence-corrected chi connectivity index (χ2v) is 7.93. The van der Waals surface area contributed by atoms with Crippen molar-refractivity contribution in [2.75, 3.05) is 7.05 Å². The molecule has 0 bridgehead atoms. The number of sulfonamides is 1. The Bertz CT molecular complexity index is 1080. The predicted molar refractivity (Wildman–Crippen MR) is 96.2 cm³/mol. The summed E-state index contributed by atoms with van der Waals surface area (Å²) in [7, 11) is -2.62. The van der Waals surface area contributed by atoms with Gasteiger partial charge in [0.05, 0.1) is 16.4 Å². The SMILES string of the molecule is Cc1ccc(-c2nnc(CN(C)S(=O)(=O)c3cccc([N+](=O)[O-])c3)o2)cc1. The molecule has 0 saturated heterocycles. The van der Waals surface area contributed by atoms with Crippen molar-refractivity contribution < 1.29 is 17.8 Å². The van der Waals surface area contributed by atoms with Gasteiger partial charge in [0.15, 0.2) is 0 Å². The average Bonchev–Trinajstić information content (AvgIpc) is 3.10.